The summed E-state index contributed by atoms with van der Waals surface area (Å²) >= 11 is 0. The SMILES string of the molecule is CCCCCCCOc1ccc(C2CCC(COc3ccc(C)cc3F)CC2)c(F)c1F. The van der Waals surface area contributed by atoms with Crippen LogP contribution in [0.3, 0.4) is 0 Å². The van der Waals surface area contributed by atoms with Crippen LogP contribution in [0.4, 0.5) is 13.2 Å². The standard InChI is InChI=1S/C27H35F3O2/c1-3-4-5-6-7-16-31-25-15-13-22(26(29)27(25)30)21-11-9-20(10-12-21)18-32-24-14-8-19(2)17-23(24)28/h8,13-15,17,20-21H,3-7,9-12,16,18H2,1-2H3. The van der Waals surface area contributed by atoms with E-state index < -0.39 is 11.6 Å². The van der Waals surface area contributed by atoms with Crippen molar-refractivity contribution < 1.29 is 22.6 Å². The molecule has 0 bridgehead atoms. The number of rotatable bonds is 11. The molecule has 1 fully saturated rings. The molecule has 0 unspecified atom stereocenters. The van der Waals surface area contributed by atoms with Gasteiger partial charge in [0.15, 0.2) is 23.1 Å². The van der Waals surface area contributed by atoms with Crippen molar-refractivity contribution in [2.75, 3.05) is 13.2 Å². The summed E-state index contributed by atoms with van der Waals surface area (Å²) in [7, 11) is 0. The van der Waals surface area contributed by atoms with E-state index in [0.29, 0.717) is 18.8 Å². The maximum Gasteiger partial charge on any atom is 0.200 e. The number of hydrogen-bond acceptors (Lipinski definition) is 2. The van der Waals surface area contributed by atoms with Crippen molar-refractivity contribution in [1.82, 2.24) is 0 Å². The highest BCUT2D eigenvalue weighted by molar-refractivity contribution is 5.33. The Morgan fingerprint density at radius 1 is 0.812 bits per heavy atom. The van der Waals surface area contributed by atoms with Crippen molar-refractivity contribution in [1.29, 1.82) is 0 Å². The molecule has 176 valence electrons. The summed E-state index contributed by atoms with van der Waals surface area (Å²) in [5.41, 5.74) is 1.29. The van der Waals surface area contributed by atoms with E-state index in [9.17, 15) is 13.2 Å². The average molecular weight is 449 g/mol. The van der Waals surface area contributed by atoms with Gasteiger partial charge in [0.1, 0.15) is 0 Å². The van der Waals surface area contributed by atoms with Crippen LogP contribution in [0.5, 0.6) is 11.5 Å². The summed E-state index contributed by atoms with van der Waals surface area (Å²) in [5, 5.41) is 0. The maximum absolute atomic E-state index is 14.7. The molecular weight excluding hydrogens is 413 g/mol. The fourth-order valence-corrected chi connectivity index (χ4v) is 4.43. The lowest BCUT2D eigenvalue weighted by atomic mass is 9.79. The van der Waals surface area contributed by atoms with Crippen LogP contribution in [-0.4, -0.2) is 13.2 Å². The Morgan fingerprint density at radius 2 is 1.53 bits per heavy atom. The molecule has 0 aromatic heterocycles. The van der Waals surface area contributed by atoms with Crippen LogP contribution in [0, 0.1) is 30.3 Å². The first-order chi connectivity index (χ1) is 15.5. The van der Waals surface area contributed by atoms with Gasteiger partial charge in [0.25, 0.3) is 0 Å². The van der Waals surface area contributed by atoms with Crippen molar-refractivity contribution in [2.24, 2.45) is 5.92 Å². The third-order valence-corrected chi connectivity index (χ3v) is 6.43. The Hall–Kier alpha value is -2.17. The van der Waals surface area contributed by atoms with Crippen LogP contribution in [-0.2, 0) is 0 Å². The first-order valence-corrected chi connectivity index (χ1v) is 12.0. The smallest absolute Gasteiger partial charge is 0.200 e. The summed E-state index contributed by atoms with van der Waals surface area (Å²) in [4.78, 5) is 0. The van der Waals surface area contributed by atoms with Crippen LogP contribution in [0.25, 0.3) is 0 Å². The summed E-state index contributed by atoms with van der Waals surface area (Å²) < 4.78 is 54.4. The number of aryl methyl sites for hydroxylation is 1. The highest BCUT2D eigenvalue weighted by Gasteiger charge is 2.27. The monoisotopic (exact) mass is 448 g/mol. The molecule has 1 aliphatic rings. The van der Waals surface area contributed by atoms with Gasteiger partial charge >= 0.3 is 0 Å². The molecule has 3 rings (SSSR count). The van der Waals surface area contributed by atoms with Crippen LogP contribution < -0.4 is 9.47 Å². The minimum Gasteiger partial charge on any atom is -0.490 e. The predicted molar refractivity (Wildman–Crippen MR) is 122 cm³/mol. The van der Waals surface area contributed by atoms with Crippen molar-refractivity contribution in [3.63, 3.8) is 0 Å². The summed E-state index contributed by atoms with van der Waals surface area (Å²) in [5.74, 6) is -1.46. The zero-order valence-electron chi connectivity index (χ0n) is 19.3. The number of benzene rings is 2. The van der Waals surface area contributed by atoms with Gasteiger partial charge in [-0.2, -0.15) is 4.39 Å². The Morgan fingerprint density at radius 3 is 2.25 bits per heavy atom. The number of ether oxygens (including phenoxy) is 2. The lowest BCUT2D eigenvalue weighted by Gasteiger charge is -2.29. The molecule has 0 amide bonds. The molecule has 0 atom stereocenters. The van der Waals surface area contributed by atoms with E-state index in [-0.39, 0.29) is 29.2 Å². The van der Waals surface area contributed by atoms with E-state index in [1.807, 2.05) is 13.0 Å². The normalized spacial score (nSPS) is 18.5. The van der Waals surface area contributed by atoms with Gasteiger partial charge in [0.2, 0.25) is 5.82 Å². The highest BCUT2D eigenvalue weighted by atomic mass is 19.2. The topological polar surface area (TPSA) is 18.5 Å². The highest BCUT2D eigenvalue weighted by Crippen LogP contribution is 2.39. The minimum absolute atomic E-state index is 0.00366. The minimum atomic E-state index is -0.878. The van der Waals surface area contributed by atoms with Gasteiger partial charge in [-0.05, 0) is 80.2 Å². The van der Waals surface area contributed by atoms with Gasteiger partial charge in [-0.1, -0.05) is 44.7 Å². The molecule has 1 aliphatic carbocycles. The van der Waals surface area contributed by atoms with Gasteiger partial charge in [-0.3, -0.25) is 0 Å². The van der Waals surface area contributed by atoms with E-state index in [4.69, 9.17) is 9.47 Å². The van der Waals surface area contributed by atoms with Gasteiger partial charge in [-0.25, -0.2) is 8.78 Å². The van der Waals surface area contributed by atoms with E-state index in [0.717, 1.165) is 50.5 Å². The third-order valence-electron chi connectivity index (χ3n) is 6.43. The van der Waals surface area contributed by atoms with Crippen molar-refractivity contribution in [3.8, 4) is 11.5 Å². The zero-order chi connectivity index (χ0) is 22.9. The van der Waals surface area contributed by atoms with Crippen molar-refractivity contribution >= 4 is 0 Å². The lowest BCUT2D eigenvalue weighted by Crippen LogP contribution is -2.20. The second-order valence-corrected chi connectivity index (χ2v) is 9.01. The molecule has 0 saturated heterocycles. The predicted octanol–water partition coefficient (Wildman–Crippen LogP) is 8.11. The first-order valence-electron chi connectivity index (χ1n) is 12.0. The Labute approximate surface area is 190 Å². The van der Waals surface area contributed by atoms with Crippen molar-refractivity contribution in [3.05, 3.63) is 58.9 Å². The quantitative estimate of drug-likeness (QED) is 0.323. The largest absolute Gasteiger partial charge is 0.490 e. The van der Waals surface area contributed by atoms with E-state index in [1.165, 1.54) is 18.9 Å². The number of halogens is 3. The first kappa shape index (κ1) is 24.5. The molecule has 5 heteroatoms. The molecule has 0 N–H and O–H groups in total. The molecule has 0 spiro atoms. The van der Waals surface area contributed by atoms with Crippen LogP contribution in [0.1, 0.15) is 81.8 Å². The van der Waals surface area contributed by atoms with Gasteiger partial charge in [0, 0.05) is 0 Å². The molecule has 32 heavy (non-hydrogen) atoms. The fourth-order valence-electron chi connectivity index (χ4n) is 4.43. The molecule has 0 aliphatic heterocycles. The molecule has 0 radical (unpaired) electrons. The van der Waals surface area contributed by atoms with E-state index in [2.05, 4.69) is 6.92 Å². The molecule has 2 aromatic rings. The third kappa shape index (κ3) is 6.66. The second-order valence-electron chi connectivity index (χ2n) is 9.01. The fraction of sp³-hybridized carbons (Fsp3) is 0.556. The number of unbranched alkanes of at least 4 members (excludes halogenated alkanes) is 4. The molecule has 0 heterocycles. The number of hydrogen-bond donors (Lipinski definition) is 0. The van der Waals surface area contributed by atoms with E-state index in [1.54, 1.807) is 18.2 Å². The maximum atomic E-state index is 14.7. The van der Waals surface area contributed by atoms with Crippen LogP contribution in [0.15, 0.2) is 30.3 Å². The summed E-state index contributed by atoms with van der Waals surface area (Å²) in [6, 6.07) is 8.18. The van der Waals surface area contributed by atoms with Crippen LogP contribution >= 0.6 is 0 Å². The summed E-state index contributed by atoms with van der Waals surface area (Å²) in [6.45, 7) is 4.84. The van der Waals surface area contributed by atoms with E-state index >= 15 is 0 Å². The second kappa shape index (κ2) is 12.2. The Bertz CT molecular complexity index is 860. The molecular formula is C27H35F3O2. The Kier molecular flexibility index (Phi) is 9.31. The Balaban J connectivity index is 1.47. The molecule has 2 nitrogen and oxygen atoms in total. The zero-order valence-corrected chi connectivity index (χ0v) is 19.3. The van der Waals surface area contributed by atoms with Gasteiger partial charge < -0.3 is 9.47 Å². The summed E-state index contributed by atoms with van der Waals surface area (Å²) in [6.07, 6.45) is 8.60. The van der Waals surface area contributed by atoms with Gasteiger partial charge in [0.05, 0.1) is 13.2 Å². The average Bonchev–Trinajstić information content (AvgIpc) is 2.79. The lowest BCUT2D eigenvalue weighted by molar-refractivity contribution is 0.193. The molecule has 1 saturated carbocycles. The molecule has 2 aromatic carbocycles. The van der Waals surface area contributed by atoms with Gasteiger partial charge in [-0.15, -0.1) is 0 Å². The van der Waals surface area contributed by atoms with Crippen LogP contribution in [0.2, 0.25) is 0 Å². The van der Waals surface area contributed by atoms with Crippen molar-refractivity contribution in [2.45, 2.75) is 77.6 Å².